The van der Waals surface area contributed by atoms with Crippen molar-refractivity contribution < 1.29 is 13.6 Å². The fourth-order valence-electron chi connectivity index (χ4n) is 3.25. The molecule has 1 amide bonds. The molecule has 3 nitrogen and oxygen atoms in total. The molecule has 3 aromatic carbocycles. The van der Waals surface area contributed by atoms with E-state index in [0.29, 0.717) is 0 Å². The van der Waals surface area contributed by atoms with Crippen LogP contribution >= 0.6 is 0 Å². The molecule has 0 radical (unpaired) electrons. The molecule has 0 aliphatic carbocycles. The van der Waals surface area contributed by atoms with E-state index in [1.165, 1.54) is 12.1 Å². The zero-order valence-electron chi connectivity index (χ0n) is 16.5. The van der Waals surface area contributed by atoms with E-state index in [2.05, 4.69) is 10.6 Å². The second-order valence-electron chi connectivity index (χ2n) is 7.09. The molecule has 29 heavy (non-hydrogen) atoms. The smallest absolute Gasteiger partial charge is 0.234 e. The monoisotopic (exact) mass is 394 g/mol. The largest absolute Gasteiger partial charge is 0.348 e. The zero-order chi connectivity index (χ0) is 20.8. The molecule has 0 fully saturated rings. The quantitative estimate of drug-likeness (QED) is 0.603. The van der Waals surface area contributed by atoms with Crippen LogP contribution in [-0.2, 0) is 4.79 Å². The van der Waals surface area contributed by atoms with E-state index in [4.69, 9.17) is 0 Å². The maximum atomic E-state index is 13.9. The average Bonchev–Trinajstić information content (AvgIpc) is 2.70. The van der Waals surface area contributed by atoms with E-state index >= 15 is 0 Å². The highest BCUT2D eigenvalue weighted by atomic mass is 19.1. The average molecular weight is 394 g/mol. The normalized spacial score (nSPS) is 13.0. The summed E-state index contributed by atoms with van der Waals surface area (Å²) in [7, 11) is 0. The van der Waals surface area contributed by atoms with Crippen molar-refractivity contribution in [2.24, 2.45) is 0 Å². The Kier molecular flexibility index (Phi) is 6.73. The lowest BCUT2D eigenvalue weighted by Crippen LogP contribution is -2.37. The van der Waals surface area contributed by atoms with Crippen LogP contribution in [0.15, 0.2) is 72.8 Å². The van der Waals surface area contributed by atoms with E-state index in [0.717, 1.165) is 22.8 Å². The van der Waals surface area contributed by atoms with Gasteiger partial charge in [0.05, 0.1) is 18.6 Å². The Hall–Kier alpha value is -3.05. The summed E-state index contributed by atoms with van der Waals surface area (Å²) < 4.78 is 27.0. The summed E-state index contributed by atoms with van der Waals surface area (Å²) in [5.74, 6) is -1.59. The molecule has 0 heterocycles. The Morgan fingerprint density at radius 2 is 1.59 bits per heavy atom. The maximum Gasteiger partial charge on any atom is 0.234 e. The van der Waals surface area contributed by atoms with Crippen molar-refractivity contribution in [3.05, 3.63) is 107 Å². The van der Waals surface area contributed by atoms with Gasteiger partial charge in [-0.15, -0.1) is 0 Å². The second kappa shape index (κ2) is 9.43. The molecule has 5 heteroatoms. The summed E-state index contributed by atoms with van der Waals surface area (Å²) in [5, 5.41) is 6.05. The SMILES string of the molecule is Cc1ccc([C@H](NCC(=O)N[C@H](C)c2ccc(F)cc2F)c2ccccc2)cc1. The number of carbonyl (C=O) groups is 1. The second-order valence-corrected chi connectivity index (χ2v) is 7.09. The highest BCUT2D eigenvalue weighted by Crippen LogP contribution is 2.22. The van der Waals surface area contributed by atoms with Gasteiger partial charge >= 0.3 is 0 Å². The first kappa shape index (κ1) is 20.7. The van der Waals surface area contributed by atoms with Gasteiger partial charge in [0.1, 0.15) is 11.6 Å². The van der Waals surface area contributed by atoms with Crippen LogP contribution in [0.4, 0.5) is 8.78 Å². The fraction of sp³-hybridized carbons (Fsp3) is 0.208. The molecule has 2 atom stereocenters. The van der Waals surface area contributed by atoms with Crippen molar-refractivity contribution in [3.63, 3.8) is 0 Å². The number of amides is 1. The molecule has 0 aromatic heterocycles. The summed E-state index contributed by atoms with van der Waals surface area (Å²) in [6.45, 7) is 3.75. The van der Waals surface area contributed by atoms with Gasteiger partial charge in [0.25, 0.3) is 0 Å². The summed E-state index contributed by atoms with van der Waals surface area (Å²) in [6, 6.07) is 20.6. The Labute approximate surface area is 169 Å². The molecule has 0 aliphatic heterocycles. The van der Waals surface area contributed by atoms with E-state index in [1.54, 1.807) is 6.92 Å². The van der Waals surface area contributed by atoms with Gasteiger partial charge in [-0.3, -0.25) is 10.1 Å². The third-order valence-corrected chi connectivity index (χ3v) is 4.82. The lowest BCUT2D eigenvalue weighted by molar-refractivity contribution is -0.121. The van der Waals surface area contributed by atoms with Crippen LogP contribution in [0.1, 0.15) is 41.3 Å². The van der Waals surface area contributed by atoms with Crippen molar-refractivity contribution in [3.8, 4) is 0 Å². The van der Waals surface area contributed by atoms with Crippen molar-refractivity contribution in [2.45, 2.75) is 25.9 Å². The summed E-state index contributed by atoms with van der Waals surface area (Å²) >= 11 is 0. The molecule has 2 N–H and O–H groups in total. The van der Waals surface area contributed by atoms with Crippen molar-refractivity contribution >= 4 is 5.91 Å². The van der Waals surface area contributed by atoms with Gasteiger partial charge in [0.15, 0.2) is 0 Å². The molecule has 3 aromatic rings. The van der Waals surface area contributed by atoms with E-state index < -0.39 is 17.7 Å². The number of benzene rings is 3. The first-order valence-corrected chi connectivity index (χ1v) is 9.53. The van der Waals surface area contributed by atoms with Gasteiger partial charge in [-0.2, -0.15) is 0 Å². The minimum Gasteiger partial charge on any atom is -0.348 e. The van der Waals surface area contributed by atoms with Gasteiger partial charge in [-0.25, -0.2) is 8.78 Å². The van der Waals surface area contributed by atoms with Gasteiger partial charge in [0, 0.05) is 11.6 Å². The van der Waals surface area contributed by atoms with E-state index in [-0.39, 0.29) is 24.1 Å². The number of halogens is 2. The third-order valence-electron chi connectivity index (χ3n) is 4.82. The van der Waals surface area contributed by atoms with E-state index in [9.17, 15) is 13.6 Å². The first-order chi connectivity index (χ1) is 13.9. The van der Waals surface area contributed by atoms with Gasteiger partial charge in [-0.05, 0) is 31.0 Å². The predicted octanol–water partition coefficient (Wildman–Crippen LogP) is 4.83. The summed E-state index contributed by atoms with van der Waals surface area (Å²) in [5.41, 5.74) is 3.50. The number of hydrogen-bond donors (Lipinski definition) is 2. The number of nitrogens with one attached hydrogen (secondary N) is 2. The minimum atomic E-state index is -0.674. The van der Waals surface area contributed by atoms with Crippen LogP contribution < -0.4 is 10.6 Å². The molecule has 0 saturated heterocycles. The van der Waals surface area contributed by atoms with Crippen LogP contribution in [0.25, 0.3) is 0 Å². The van der Waals surface area contributed by atoms with E-state index in [1.807, 2.05) is 61.5 Å². The van der Waals surface area contributed by atoms with Gasteiger partial charge < -0.3 is 5.32 Å². The van der Waals surface area contributed by atoms with Crippen LogP contribution in [0.2, 0.25) is 0 Å². The lowest BCUT2D eigenvalue weighted by Gasteiger charge is -2.21. The predicted molar refractivity (Wildman–Crippen MR) is 110 cm³/mol. The van der Waals surface area contributed by atoms with Crippen LogP contribution in [0.5, 0.6) is 0 Å². The molecular formula is C24H24F2N2O. The Morgan fingerprint density at radius 3 is 2.24 bits per heavy atom. The summed E-state index contributed by atoms with van der Waals surface area (Å²) in [4.78, 5) is 12.5. The minimum absolute atomic E-state index is 0.0561. The standard InChI is InChI=1S/C24H24F2N2O/c1-16-8-10-19(11-9-16)24(18-6-4-3-5-7-18)27-15-23(29)28-17(2)21-13-12-20(25)14-22(21)26/h3-14,17,24,27H,15H2,1-2H3,(H,28,29)/t17-,24-/m1/s1. The molecule has 0 saturated carbocycles. The maximum absolute atomic E-state index is 13.9. The molecule has 0 unspecified atom stereocenters. The molecule has 150 valence electrons. The third kappa shape index (κ3) is 5.48. The Balaban J connectivity index is 1.68. The number of aryl methyl sites for hydroxylation is 1. The molecule has 0 aliphatic rings. The molecular weight excluding hydrogens is 370 g/mol. The highest BCUT2D eigenvalue weighted by Gasteiger charge is 2.17. The zero-order valence-corrected chi connectivity index (χ0v) is 16.5. The highest BCUT2D eigenvalue weighted by molar-refractivity contribution is 5.78. The van der Waals surface area contributed by atoms with Crippen LogP contribution in [-0.4, -0.2) is 12.5 Å². The number of rotatable bonds is 7. The number of hydrogen-bond acceptors (Lipinski definition) is 2. The van der Waals surface area contributed by atoms with Crippen LogP contribution in [0.3, 0.4) is 0 Å². The molecule has 3 rings (SSSR count). The fourth-order valence-corrected chi connectivity index (χ4v) is 3.25. The lowest BCUT2D eigenvalue weighted by atomic mass is 9.98. The first-order valence-electron chi connectivity index (χ1n) is 9.53. The van der Waals surface area contributed by atoms with Gasteiger partial charge in [0.2, 0.25) is 5.91 Å². The molecule has 0 bridgehead atoms. The van der Waals surface area contributed by atoms with Crippen molar-refractivity contribution in [1.29, 1.82) is 0 Å². The topological polar surface area (TPSA) is 41.1 Å². The van der Waals surface area contributed by atoms with Crippen molar-refractivity contribution in [2.75, 3.05) is 6.54 Å². The Bertz CT molecular complexity index is 958. The number of carbonyl (C=O) groups excluding carboxylic acids is 1. The van der Waals surface area contributed by atoms with Crippen molar-refractivity contribution in [1.82, 2.24) is 10.6 Å². The Morgan fingerprint density at radius 1 is 0.931 bits per heavy atom. The van der Waals surface area contributed by atoms with Crippen LogP contribution in [0, 0.1) is 18.6 Å². The summed E-state index contributed by atoms with van der Waals surface area (Å²) in [6.07, 6.45) is 0. The van der Waals surface area contributed by atoms with Gasteiger partial charge in [-0.1, -0.05) is 66.2 Å². The molecule has 0 spiro atoms.